The van der Waals surface area contributed by atoms with Crippen molar-refractivity contribution in [1.29, 1.82) is 0 Å². The van der Waals surface area contributed by atoms with Crippen molar-refractivity contribution in [3.8, 4) is 5.69 Å². The van der Waals surface area contributed by atoms with E-state index in [0.29, 0.717) is 49.4 Å². The summed E-state index contributed by atoms with van der Waals surface area (Å²) in [6.07, 6.45) is 3.28. The molecular formula is C27H35N3O4. The van der Waals surface area contributed by atoms with E-state index in [9.17, 15) is 14.4 Å². The standard InChI is InChI=1S/C27H35N3O4/c1-5-19(16-29-10-12-34-13-11-29)28-25(32)24-21-14-27(3,4)15-23(31)22(21)17-30(26(24)33)20-8-6-18(2)7-9-20/h6-9,17,19H,5,10-16H2,1-4H3,(H,28,32)/t19-/m1/s1. The van der Waals surface area contributed by atoms with E-state index >= 15 is 0 Å². The third-order valence-electron chi connectivity index (χ3n) is 6.86. The lowest BCUT2D eigenvalue weighted by molar-refractivity contribution is 0.0331. The van der Waals surface area contributed by atoms with Crippen LogP contribution in [0.4, 0.5) is 0 Å². The second kappa shape index (κ2) is 9.84. The number of carbonyl (C=O) groups is 2. The number of hydrogen-bond donors (Lipinski definition) is 1. The number of pyridine rings is 1. The van der Waals surface area contributed by atoms with Crippen LogP contribution in [0.3, 0.4) is 0 Å². The van der Waals surface area contributed by atoms with Crippen LogP contribution >= 0.6 is 0 Å². The normalized spacial score (nSPS) is 18.9. The van der Waals surface area contributed by atoms with Gasteiger partial charge in [0, 0.05) is 49.5 Å². The van der Waals surface area contributed by atoms with Gasteiger partial charge in [-0.05, 0) is 42.9 Å². The van der Waals surface area contributed by atoms with E-state index in [4.69, 9.17) is 4.74 Å². The summed E-state index contributed by atoms with van der Waals surface area (Å²) in [5.41, 5.74) is 2.18. The van der Waals surface area contributed by atoms with Gasteiger partial charge in [0.1, 0.15) is 5.56 Å². The maximum Gasteiger partial charge on any atom is 0.268 e. The van der Waals surface area contributed by atoms with E-state index in [0.717, 1.165) is 25.1 Å². The Bertz CT molecular complexity index is 1130. The number of carbonyl (C=O) groups excluding carboxylic acids is 2. The molecule has 1 amide bonds. The highest BCUT2D eigenvalue weighted by Gasteiger charge is 2.36. The molecule has 2 aliphatic rings. The number of rotatable bonds is 6. The second-order valence-electron chi connectivity index (χ2n) is 10.3. The molecule has 7 heteroatoms. The molecule has 1 aromatic carbocycles. The monoisotopic (exact) mass is 465 g/mol. The number of benzene rings is 1. The molecule has 2 aromatic rings. The minimum Gasteiger partial charge on any atom is -0.379 e. The number of hydrogen-bond acceptors (Lipinski definition) is 5. The molecule has 0 spiro atoms. The van der Waals surface area contributed by atoms with Gasteiger partial charge in [-0.15, -0.1) is 0 Å². The van der Waals surface area contributed by atoms with Gasteiger partial charge >= 0.3 is 0 Å². The number of aromatic nitrogens is 1. The van der Waals surface area contributed by atoms with Gasteiger partial charge in [0.2, 0.25) is 0 Å². The third-order valence-corrected chi connectivity index (χ3v) is 6.86. The van der Waals surface area contributed by atoms with Crippen molar-refractivity contribution < 1.29 is 14.3 Å². The van der Waals surface area contributed by atoms with E-state index in [1.54, 1.807) is 6.20 Å². The van der Waals surface area contributed by atoms with E-state index < -0.39 is 5.91 Å². The molecule has 34 heavy (non-hydrogen) atoms. The van der Waals surface area contributed by atoms with Gasteiger partial charge in [-0.2, -0.15) is 0 Å². The van der Waals surface area contributed by atoms with Gasteiger partial charge in [-0.25, -0.2) is 0 Å². The molecule has 1 fully saturated rings. The van der Waals surface area contributed by atoms with Crippen molar-refractivity contribution >= 4 is 11.7 Å². The van der Waals surface area contributed by atoms with Gasteiger partial charge in [0.25, 0.3) is 11.5 Å². The summed E-state index contributed by atoms with van der Waals surface area (Å²) < 4.78 is 6.88. The van der Waals surface area contributed by atoms with E-state index in [-0.39, 0.29) is 28.4 Å². The molecule has 2 heterocycles. The fourth-order valence-corrected chi connectivity index (χ4v) is 4.91. The first-order valence-electron chi connectivity index (χ1n) is 12.2. The summed E-state index contributed by atoms with van der Waals surface area (Å²) in [7, 11) is 0. The van der Waals surface area contributed by atoms with Crippen LogP contribution < -0.4 is 10.9 Å². The van der Waals surface area contributed by atoms with E-state index in [1.165, 1.54) is 4.57 Å². The summed E-state index contributed by atoms with van der Waals surface area (Å²) >= 11 is 0. The van der Waals surface area contributed by atoms with Crippen molar-refractivity contribution in [1.82, 2.24) is 14.8 Å². The van der Waals surface area contributed by atoms with Crippen LogP contribution in [-0.4, -0.2) is 60.0 Å². The minimum absolute atomic E-state index is 0.0264. The third kappa shape index (κ3) is 5.15. The minimum atomic E-state index is -0.395. The maximum absolute atomic E-state index is 13.7. The molecule has 1 aromatic heterocycles. The molecule has 0 bridgehead atoms. The topological polar surface area (TPSA) is 80.6 Å². The second-order valence-corrected chi connectivity index (χ2v) is 10.3. The Labute approximate surface area is 201 Å². The average molecular weight is 466 g/mol. The largest absolute Gasteiger partial charge is 0.379 e. The number of morpholine rings is 1. The molecule has 1 aliphatic heterocycles. The number of amides is 1. The summed E-state index contributed by atoms with van der Waals surface area (Å²) in [6, 6.07) is 7.42. The number of fused-ring (bicyclic) bond motifs is 1. The molecule has 182 valence electrons. The van der Waals surface area contributed by atoms with E-state index in [2.05, 4.69) is 10.2 Å². The first-order chi connectivity index (χ1) is 16.2. The Balaban J connectivity index is 1.74. The molecule has 7 nitrogen and oxygen atoms in total. The number of nitrogens with zero attached hydrogens (tertiary/aromatic N) is 2. The maximum atomic E-state index is 13.7. The van der Waals surface area contributed by atoms with Crippen LogP contribution in [0.5, 0.6) is 0 Å². The van der Waals surface area contributed by atoms with E-state index in [1.807, 2.05) is 52.0 Å². The van der Waals surface area contributed by atoms with Crippen molar-refractivity contribution in [2.75, 3.05) is 32.8 Å². The molecule has 4 rings (SSSR count). The number of aryl methyl sites for hydroxylation is 1. The zero-order valence-corrected chi connectivity index (χ0v) is 20.6. The zero-order valence-electron chi connectivity index (χ0n) is 20.6. The van der Waals surface area contributed by atoms with Gasteiger partial charge in [0.15, 0.2) is 5.78 Å². The number of Topliss-reactive ketones (excluding diaryl/α,β-unsaturated/α-hetero) is 1. The Morgan fingerprint density at radius 2 is 1.79 bits per heavy atom. The quantitative estimate of drug-likeness (QED) is 0.709. The fourth-order valence-electron chi connectivity index (χ4n) is 4.91. The molecular weight excluding hydrogens is 430 g/mol. The van der Waals surface area contributed by atoms with Crippen molar-refractivity contribution in [3.05, 3.63) is 63.1 Å². The number of ketones is 1. The smallest absolute Gasteiger partial charge is 0.268 e. The Kier molecular flexibility index (Phi) is 7.05. The highest BCUT2D eigenvalue weighted by Crippen LogP contribution is 2.35. The number of ether oxygens (including phenoxy) is 1. The van der Waals surface area contributed by atoms with Crippen molar-refractivity contribution in [3.63, 3.8) is 0 Å². The molecule has 0 saturated carbocycles. The van der Waals surface area contributed by atoms with Crippen LogP contribution in [0.2, 0.25) is 0 Å². The molecule has 1 aliphatic carbocycles. The van der Waals surface area contributed by atoms with Gasteiger partial charge < -0.3 is 10.1 Å². The molecule has 1 N–H and O–H groups in total. The lowest BCUT2D eigenvalue weighted by atomic mass is 9.73. The van der Waals surface area contributed by atoms with Gasteiger partial charge in [-0.1, -0.05) is 38.5 Å². The van der Waals surface area contributed by atoms with Crippen molar-refractivity contribution in [2.45, 2.75) is 53.0 Å². The highest BCUT2D eigenvalue weighted by molar-refractivity contribution is 6.04. The summed E-state index contributed by atoms with van der Waals surface area (Å²) in [4.78, 5) is 42.7. The predicted octanol–water partition coefficient (Wildman–Crippen LogP) is 3.14. The van der Waals surface area contributed by atoms with Gasteiger partial charge in [-0.3, -0.25) is 23.9 Å². The SMILES string of the molecule is CC[C@H](CN1CCOCC1)NC(=O)c1c2c(cn(-c3ccc(C)cc3)c1=O)C(=O)CC(C)(C)C2. The summed E-state index contributed by atoms with van der Waals surface area (Å²) in [5, 5.41) is 3.11. The number of nitrogens with one attached hydrogen (secondary N) is 1. The van der Waals surface area contributed by atoms with Crippen LogP contribution in [0, 0.1) is 12.3 Å². The summed E-state index contributed by atoms with van der Waals surface area (Å²) in [5.74, 6) is -0.421. The Morgan fingerprint density at radius 3 is 2.44 bits per heavy atom. The molecule has 0 radical (unpaired) electrons. The first-order valence-corrected chi connectivity index (χ1v) is 12.2. The van der Waals surface area contributed by atoms with Crippen LogP contribution in [0.15, 0.2) is 35.3 Å². The fraction of sp³-hybridized carbons (Fsp3) is 0.519. The Hall–Kier alpha value is -2.77. The van der Waals surface area contributed by atoms with Gasteiger partial charge in [0.05, 0.1) is 13.2 Å². The lowest BCUT2D eigenvalue weighted by Gasteiger charge is -2.32. The Morgan fingerprint density at radius 1 is 1.12 bits per heavy atom. The summed E-state index contributed by atoms with van der Waals surface area (Å²) in [6.45, 7) is 11.8. The molecule has 1 atom stereocenters. The van der Waals surface area contributed by atoms with Crippen LogP contribution in [0.25, 0.3) is 5.69 Å². The van der Waals surface area contributed by atoms with Crippen molar-refractivity contribution in [2.24, 2.45) is 5.41 Å². The zero-order chi connectivity index (χ0) is 24.5. The first kappa shape index (κ1) is 24.4. The molecule has 1 saturated heterocycles. The lowest BCUT2D eigenvalue weighted by Crippen LogP contribution is -2.48. The van der Waals surface area contributed by atoms with Crippen LogP contribution in [-0.2, 0) is 11.2 Å². The molecule has 0 unspecified atom stereocenters. The predicted molar refractivity (Wildman–Crippen MR) is 132 cm³/mol. The average Bonchev–Trinajstić information content (AvgIpc) is 2.79. The van der Waals surface area contributed by atoms with Crippen LogP contribution in [0.1, 0.15) is 65.5 Å². The highest BCUT2D eigenvalue weighted by atomic mass is 16.5.